The number of hydrogen-bond donors (Lipinski definition) is 2. The predicted molar refractivity (Wildman–Crippen MR) is 64.2 cm³/mol. The molecule has 0 saturated carbocycles. The summed E-state index contributed by atoms with van der Waals surface area (Å²) in [6, 6.07) is 0.911. The molecule has 0 aliphatic heterocycles. The highest BCUT2D eigenvalue weighted by atomic mass is 16.4. The van der Waals surface area contributed by atoms with Crippen molar-refractivity contribution in [2.75, 3.05) is 11.9 Å². The van der Waals surface area contributed by atoms with Gasteiger partial charge >= 0.3 is 6.01 Å². The van der Waals surface area contributed by atoms with Gasteiger partial charge in [-0.2, -0.15) is 0 Å². The Morgan fingerprint density at radius 1 is 1.25 bits per heavy atom. The van der Waals surface area contributed by atoms with Crippen LogP contribution in [0.5, 0.6) is 0 Å². The SMILES string of the molecule is CC(C)NCc1nnc(NCC(C)(C)C)o1. The molecule has 0 spiro atoms. The maximum atomic E-state index is 5.43. The van der Waals surface area contributed by atoms with Crippen molar-refractivity contribution in [3.63, 3.8) is 0 Å². The summed E-state index contributed by atoms with van der Waals surface area (Å²) >= 11 is 0. The Morgan fingerprint density at radius 2 is 1.94 bits per heavy atom. The first-order valence-electron chi connectivity index (χ1n) is 5.66. The summed E-state index contributed by atoms with van der Waals surface area (Å²) in [5.74, 6) is 0.616. The van der Waals surface area contributed by atoms with E-state index in [1.54, 1.807) is 0 Å². The summed E-state index contributed by atoms with van der Waals surface area (Å²) < 4.78 is 5.43. The van der Waals surface area contributed by atoms with Crippen molar-refractivity contribution in [3.05, 3.63) is 5.89 Å². The second-order valence-electron chi connectivity index (χ2n) is 5.45. The Kier molecular flexibility index (Phi) is 4.29. The number of nitrogens with zero attached hydrogens (tertiary/aromatic N) is 2. The Balaban J connectivity index is 2.39. The lowest BCUT2D eigenvalue weighted by atomic mass is 9.97. The largest absolute Gasteiger partial charge is 0.407 e. The van der Waals surface area contributed by atoms with Gasteiger partial charge < -0.3 is 15.1 Å². The summed E-state index contributed by atoms with van der Waals surface area (Å²) in [6.07, 6.45) is 0. The van der Waals surface area contributed by atoms with Crippen molar-refractivity contribution in [2.24, 2.45) is 5.41 Å². The van der Waals surface area contributed by atoms with Crippen molar-refractivity contribution >= 4 is 6.01 Å². The van der Waals surface area contributed by atoms with E-state index in [1.165, 1.54) is 0 Å². The molecule has 0 unspecified atom stereocenters. The van der Waals surface area contributed by atoms with Crippen molar-refractivity contribution in [1.29, 1.82) is 0 Å². The van der Waals surface area contributed by atoms with Crippen molar-refractivity contribution in [3.8, 4) is 0 Å². The molecule has 1 rings (SSSR count). The van der Waals surface area contributed by atoms with Crippen LogP contribution in [0.4, 0.5) is 6.01 Å². The first-order valence-corrected chi connectivity index (χ1v) is 5.66. The lowest BCUT2D eigenvalue weighted by molar-refractivity contribution is 0.423. The molecule has 92 valence electrons. The molecule has 16 heavy (non-hydrogen) atoms. The van der Waals surface area contributed by atoms with Crippen LogP contribution in [-0.4, -0.2) is 22.8 Å². The topological polar surface area (TPSA) is 63.0 Å². The molecule has 2 N–H and O–H groups in total. The predicted octanol–water partition coefficient (Wildman–Crippen LogP) is 2.03. The summed E-state index contributed by atoms with van der Waals surface area (Å²) in [4.78, 5) is 0. The maximum Gasteiger partial charge on any atom is 0.315 e. The third-order valence-electron chi connectivity index (χ3n) is 1.90. The van der Waals surface area contributed by atoms with E-state index < -0.39 is 0 Å². The molecule has 0 radical (unpaired) electrons. The van der Waals surface area contributed by atoms with Crippen LogP contribution in [0.3, 0.4) is 0 Å². The number of nitrogens with one attached hydrogen (secondary N) is 2. The minimum atomic E-state index is 0.199. The average Bonchev–Trinajstić information content (AvgIpc) is 2.58. The number of hydrogen-bond acceptors (Lipinski definition) is 5. The van der Waals surface area contributed by atoms with Crippen molar-refractivity contribution in [2.45, 2.75) is 47.2 Å². The fourth-order valence-electron chi connectivity index (χ4n) is 1.03. The van der Waals surface area contributed by atoms with Gasteiger partial charge in [-0.3, -0.25) is 0 Å². The molecule has 5 heteroatoms. The molecule has 1 heterocycles. The van der Waals surface area contributed by atoms with Gasteiger partial charge in [0.1, 0.15) is 0 Å². The van der Waals surface area contributed by atoms with Crippen LogP contribution in [-0.2, 0) is 6.54 Å². The molecule has 1 aromatic rings. The smallest absolute Gasteiger partial charge is 0.315 e. The Morgan fingerprint density at radius 3 is 2.50 bits per heavy atom. The first-order chi connectivity index (χ1) is 7.37. The van der Waals surface area contributed by atoms with E-state index in [4.69, 9.17) is 4.42 Å². The summed E-state index contributed by atoms with van der Waals surface area (Å²) in [6.45, 7) is 12.0. The zero-order valence-corrected chi connectivity index (χ0v) is 10.8. The number of rotatable bonds is 5. The molecule has 0 aliphatic carbocycles. The van der Waals surface area contributed by atoms with Gasteiger partial charge in [0.15, 0.2) is 0 Å². The molecule has 0 atom stereocenters. The third-order valence-corrected chi connectivity index (χ3v) is 1.90. The molecular formula is C11H22N4O. The van der Waals surface area contributed by atoms with E-state index >= 15 is 0 Å². The van der Waals surface area contributed by atoms with E-state index in [2.05, 4.69) is 55.4 Å². The fraction of sp³-hybridized carbons (Fsp3) is 0.818. The maximum absolute atomic E-state index is 5.43. The molecule has 0 fully saturated rings. The van der Waals surface area contributed by atoms with Gasteiger partial charge in [-0.25, -0.2) is 0 Å². The molecular weight excluding hydrogens is 204 g/mol. The van der Waals surface area contributed by atoms with E-state index in [0.29, 0.717) is 24.5 Å². The number of aromatic nitrogens is 2. The third kappa shape index (κ3) is 5.11. The second kappa shape index (κ2) is 5.30. The molecule has 0 saturated heterocycles. The minimum Gasteiger partial charge on any atom is -0.407 e. The van der Waals surface area contributed by atoms with Crippen LogP contribution in [0.1, 0.15) is 40.5 Å². The van der Waals surface area contributed by atoms with Crippen LogP contribution in [0.25, 0.3) is 0 Å². The van der Waals surface area contributed by atoms with Gasteiger partial charge in [-0.05, 0) is 5.41 Å². The molecule has 0 aliphatic rings. The summed E-state index contributed by atoms with van der Waals surface area (Å²) in [5.41, 5.74) is 0.199. The highest BCUT2D eigenvalue weighted by molar-refractivity contribution is 5.17. The lowest BCUT2D eigenvalue weighted by Crippen LogP contribution is -2.21. The highest BCUT2D eigenvalue weighted by Gasteiger charge is 2.12. The summed E-state index contributed by atoms with van der Waals surface area (Å²) in [7, 11) is 0. The summed E-state index contributed by atoms with van der Waals surface area (Å²) in [5, 5.41) is 14.2. The first kappa shape index (κ1) is 13.0. The van der Waals surface area contributed by atoms with Gasteiger partial charge in [0.25, 0.3) is 0 Å². The van der Waals surface area contributed by atoms with E-state index in [9.17, 15) is 0 Å². The zero-order valence-electron chi connectivity index (χ0n) is 10.8. The van der Waals surface area contributed by atoms with Crippen LogP contribution in [0.15, 0.2) is 4.42 Å². The molecule has 5 nitrogen and oxygen atoms in total. The van der Waals surface area contributed by atoms with Crippen molar-refractivity contribution in [1.82, 2.24) is 15.5 Å². The van der Waals surface area contributed by atoms with Crippen LogP contribution >= 0.6 is 0 Å². The lowest BCUT2D eigenvalue weighted by Gasteiger charge is -2.17. The molecule has 1 aromatic heterocycles. The van der Waals surface area contributed by atoms with Crippen LogP contribution in [0.2, 0.25) is 0 Å². The zero-order chi connectivity index (χ0) is 12.2. The van der Waals surface area contributed by atoms with E-state index in [-0.39, 0.29) is 5.41 Å². The van der Waals surface area contributed by atoms with E-state index in [0.717, 1.165) is 6.54 Å². The van der Waals surface area contributed by atoms with Crippen LogP contribution in [0, 0.1) is 5.41 Å². The van der Waals surface area contributed by atoms with Gasteiger partial charge in [0.2, 0.25) is 5.89 Å². The Labute approximate surface area is 97.0 Å². The van der Waals surface area contributed by atoms with Crippen LogP contribution < -0.4 is 10.6 Å². The fourth-order valence-corrected chi connectivity index (χ4v) is 1.03. The van der Waals surface area contributed by atoms with Gasteiger partial charge in [-0.1, -0.05) is 39.7 Å². The molecule has 0 amide bonds. The number of anilines is 1. The van der Waals surface area contributed by atoms with E-state index in [1.807, 2.05) is 0 Å². The molecule has 0 aromatic carbocycles. The minimum absolute atomic E-state index is 0.199. The van der Waals surface area contributed by atoms with Gasteiger partial charge in [0, 0.05) is 12.6 Å². The Bertz CT molecular complexity index is 314. The average molecular weight is 226 g/mol. The monoisotopic (exact) mass is 226 g/mol. The Hall–Kier alpha value is -1.10. The van der Waals surface area contributed by atoms with Gasteiger partial charge in [-0.15, -0.1) is 5.10 Å². The molecule has 0 bridgehead atoms. The van der Waals surface area contributed by atoms with Gasteiger partial charge in [0.05, 0.1) is 6.54 Å². The quantitative estimate of drug-likeness (QED) is 0.804. The normalized spacial score (nSPS) is 12.1. The second-order valence-corrected chi connectivity index (χ2v) is 5.45. The standard InChI is InChI=1S/C11H22N4O/c1-8(2)12-6-9-14-15-10(16-9)13-7-11(3,4)5/h8,12H,6-7H2,1-5H3,(H,13,15). The van der Waals surface area contributed by atoms with Crippen molar-refractivity contribution < 1.29 is 4.42 Å². The highest BCUT2D eigenvalue weighted by Crippen LogP contribution is 2.14.